The van der Waals surface area contributed by atoms with Gasteiger partial charge in [0.2, 0.25) is 0 Å². The largest absolute Gasteiger partial charge is 0.489 e. The highest BCUT2D eigenvalue weighted by Crippen LogP contribution is 2.24. The summed E-state index contributed by atoms with van der Waals surface area (Å²) in [7, 11) is 0. The maximum absolute atomic E-state index is 5.81. The highest BCUT2D eigenvalue weighted by atomic mass is 32.1. The lowest BCUT2D eigenvalue weighted by Crippen LogP contribution is -2.18. The quantitative estimate of drug-likeness (QED) is 0.670. The first-order valence-electron chi connectivity index (χ1n) is 7.64. The van der Waals surface area contributed by atoms with E-state index >= 15 is 0 Å². The van der Waals surface area contributed by atoms with Crippen molar-refractivity contribution in [2.24, 2.45) is 5.73 Å². The second-order valence-corrected chi connectivity index (χ2v) is 5.81. The minimum absolute atomic E-state index is 0.266. The number of anilines is 1. The Hall–Kier alpha value is -2.85. The normalized spacial score (nSPS) is 10.2. The topological polar surface area (TPSA) is 47.3 Å². The molecule has 0 aliphatic rings. The Bertz CT molecular complexity index is 799. The molecule has 0 aliphatic carbocycles. The summed E-state index contributed by atoms with van der Waals surface area (Å²) < 4.78 is 5.81. The van der Waals surface area contributed by atoms with Crippen molar-refractivity contribution in [1.29, 1.82) is 0 Å². The Balaban J connectivity index is 1.64. The first kappa shape index (κ1) is 16.0. The number of nitrogens with two attached hydrogens (primary N) is 1. The molecule has 4 heteroatoms. The summed E-state index contributed by atoms with van der Waals surface area (Å²) >= 11 is 4.83. The lowest BCUT2D eigenvalue weighted by Gasteiger charge is -2.08. The molecule has 3 rings (SSSR count). The second kappa shape index (κ2) is 7.62. The lowest BCUT2D eigenvalue weighted by molar-refractivity contribution is 0.306. The van der Waals surface area contributed by atoms with Crippen molar-refractivity contribution in [3.8, 4) is 16.9 Å². The summed E-state index contributed by atoms with van der Waals surface area (Å²) in [5.41, 5.74) is 9.76. The molecule has 3 N–H and O–H groups in total. The molecule has 0 saturated heterocycles. The Morgan fingerprint density at radius 3 is 2.00 bits per heavy atom. The molecule has 0 amide bonds. The fraction of sp³-hybridized carbons (Fsp3) is 0.0500. The predicted octanol–water partition coefficient (Wildman–Crippen LogP) is 4.59. The van der Waals surface area contributed by atoms with Gasteiger partial charge in [-0.3, -0.25) is 0 Å². The zero-order valence-electron chi connectivity index (χ0n) is 13.1. The van der Waals surface area contributed by atoms with Crippen molar-refractivity contribution < 1.29 is 4.74 Å². The third kappa shape index (κ3) is 4.33. The summed E-state index contributed by atoms with van der Waals surface area (Å²) in [6.45, 7) is 0.569. The van der Waals surface area contributed by atoms with Crippen molar-refractivity contribution in [3.05, 3.63) is 84.4 Å². The van der Waals surface area contributed by atoms with Gasteiger partial charge in [-0.2, -0.15) is 0 Å². The smallest absolute Gasteiger partial charge is 0.168 e. The number of ether oxygens (including phenoxy) is 1. The van der Waals surface area contributed by atoms with Crippen LogP contribution < -0.4 is 15.8 Å². The number of thiocarbonyl (C=S) groups is 1. The fourth-order valence-electron chi connectivity index (χ4n) is 2.37. The van der Waals surface area contributed by atoms with Gasteiger partial charge in [0.15, 0.2) is 5.11 Å². The van der Waals surface area contributed by atoms with E-state index in [4.69, 9.17) is 22.7 Å². The molecule has 0 bridgehead atoms. The van der Waals surface area contributed by atoms with Crippen molar-refractivity contribution in [2.75, 3.05) is 5.32 Å². The van der Waals surface area contributed by atoms with E-state index in [2.05, 4.69) is 29.6 Å². The van der Waals surface area contributed by atoms with E-state index in [9.17, 15) is 0 Å². The number of hydrogen-bond donors (Lipinski definition) is 2. The third-order valence-electron chi connectivity index (χ3n) is 3.59. The van der Waals surface area contributed by atoms with Gasteiger partial charge >= 0.3 is 0 Å². The molecule has 3 aromatic rings. The van der Waals surface area contributed by atoms with Gasteiger partial charge in [0.25, 0.3) is 0 Å². The van der Waals surface area contributed by atoms with Gasteiger partial charge in [-0.1, -0.05) is 54.6 Å². The average Bonchev–Trinajstić information content (AvgIpc) is 2.62. The number of benzene rings is 3. The first-order chi connectivity index (χ1) is 11.7. The molecule has 0 aliphatic heterocycles. The molecule has 0 atom stereocenters. The maximum Gasteiger partial charge on any atom is 0.168 e. The summed E-state index contributed by atoms with van der Waals surface area (Å²) in [5.74, 6) is 0.856. The van der Waals surface area contributed by atoms with Crippen LogP contribution in [0.25, 0.3) is 11.1 Å². The van der Waals surface area contributed by atoms with E-state index in [1.165, 1.54) is 0 Å². The van der Waals surface area contributed by atoms with Crippen molar-refractivity contribution in [3.63, 3.8) is 0 Å². The molecule has 0 radical (unpaired) electrons. The molecule has 0 unspecified atom stereocenters. The van der Waals surface area contributed by atoms with E-state index in [1.807, 2.05) is 54.6 Å². The van der Waals surface area contributed by atoms with Gasteiger partial charge in [-0.25, -0.2) is 0 Å². The summed E-state index contributed by atoms with van der Waals surface area (Å²) in [6.07, 6.45) is 0. The highest BCUT2D eigenvalue weighted by Gasteiger charge is 2.01. The zero-order valence-corrected chi connectivity index (χ0v) is 13.9. The van der Waals surface area contributed by atoms with Gasteiger partial charge in [-0.15, -0.1) is 0 Å². The van der Waals surface area contributed by atoms with Crippen LogP contribution in [0, 0.1) is 0 Å². The SMILES string of the molecule is NC(=S)Nc1ccc(-c2ccc(OCc3ccccc3)cc2)cc1. The lowest BCUT2D eigenvalue weighted by atomic mass is 10.1. The van der Waals surface area contributed by atoms with Crippen LogP contribution in [0.2, 0.25) is 0 Å². The molecule has 3 nitrogen and oxygen atoms in total. The maximum atomic E-state index is 5.81. The number of nitrogens with one attached hydrogen (secondary N) is 1. The molecule has 0 fully saturated rings. The summed E-state index contributed by atoms with van der Waals surface area (Å²) in [5, 5.41) is 3.18. The monoisotopic (exact) mass is 334 g/mol. The minimum atomic E-state index is 0.266. The molecule has 3 aromatic carbocycles. The predicted molar refractivity (Wildman–Crippen MR) is 103 cm³/mol. The van der Waals surface area contributed by atoms with E-state index < -0.39 is 0 Å². The molecular formula is C20H18N2OS. The minimum Gasteiger partial charge on any atom is -0.489 e. The molecule has 0 spiro atoms. The molecule has 0 aromatic heterocycles. The van der Waals surface area contributed by atoms with Crippen LogP contribution in [0.3, 0.4) is 0 Å². The second-order valence-electron chi connectivity index (χ2n) is 5.37. The molecule has 0 heterocycles. The van der Waals surface area contributed by atoms with Crippen molar-refractivity contribution in [2.45, 2.75) is 6.61 Å². The van der Waals surface area contributed by atoms with E-state index in [0.29, 0.717) is 6.61 Å². The van der Waals surface area contributed by atoms with Crippen LogP contribution in [-0.4, -0.2) is 5.11 Å². The average molecular weight is 334 g/mol. The molecule has 120 valence electrons. The van der Waals surface area contributed by atoms with E-state index in [1.54, 1.807) is 0 Å². The van der Waals surface area contributed by atoms with E-state index in [0.717, 1.165) is 28.1 Å². The Labute approximate surface area is 147 Å². The van der Waals surface area contributed by atoms with E-state index in [-0.39, 0.29) is 5.11 Å². The van der Waals surface area contributed by atoms with Crippen LogP contribution in [0.4, 0.5) is 5.69 Å². The van der Waals surface area contributed by atoms with Crippen molar-refractivity contribution in [1.82, 2.24) is 0 Å². The Kier molecular flexibility index (Phi) is 5.08. The zero-order chi connectivity index (χ0) is 16.8. The van der Waals surface area contributed by atoms with Crippen LogP contribution in [0.5, 0.6) is 5.75 Å². The van der Waals surface area contributed by atoms with Gasteiger partial charge in [0, 0.05) is 5.69 Å². The number of hydrogen-bond acceptors (Lipinski definition) is 2. The standard InChI is InChI=1S/C20H18N2OS/c21-20(24)22-18-10-6-16(7-11-18)17-8-12-19(13-9-17)23-14-15-4-2-1-3-5-15/h1-13H,14H2,(H3,21,22,24). The van der Waals surface area contributed by atoms with Crippen LogP contribution in [0.15, 0.2) is 78.9 Å². The van der Waals surface area contributed by atoms with Crippen LogP contribution in [0.1, 0.15) is 5.56 Å². The van der Waals surface area contributed by atoms with Gasteiger partial charge < -0.3 is 15.8 Å². The third-order valence-corrected chi connectivity index (χ3v) is 3.69. The fourth-order valence-corrected chi connectivity index (χ4v) is 2.49. The van der Waals surface area contributed by atoms with Gasteiger partial charge in [0.05, 0.1) is 0 Å². The highest BCUT2D eigenvalue weighted by molar-refractivity contribution is 7.80. The first-order valence-corrected chi connectivity index (χ1v) is 8.05. The van der Waals surface area contributed by atoms with Crippen LogP contribution in [-0.2, 0) is 6.61 Å². The van der Waals surface area contributed by atoms with Gasteiger partial charge in [-0.05, 0) is 53.2 Å². The summed E-state index contributed by atoms with van der Waals surface area (Å²) in [6, 6.07) is 26.2. The Morgan fingerprint density at radius 1 is 0.833 bits per heavy atom. The summed E-state index contributed by atoms with van der Waals surface area (Å²) in [4.78, 5) is 0. The number of rotatable bonds is 5. The molecule has 0 saturated carbocycles. The molecular weight excluding hydrogens is 316 g/mol. The van der Waals surface area contributed by atoms with Crippen molar-refractivity contribution >= 4 is 23.0 Å². The van der Waals surface area contributed by atoms with Crippen LogP contribution >= 0.6 is 12.2 Å². The van der Waals surface area contributed by atoms with Gasteiger partial charge in [0.1, 0.15) is 12.4 Å². The molecule has 24 heavy (non-hydrogen) atoms. The Morgan fingerprint density at radius 2 is 1.42 bits per heavy atom.